The van der Waals surface area contributed by atoms with Crippen LogP contribution in [-0.4, -0.2) is 22.5 Å². The van der Waals surface area contributed by atoms with Gasteiger partial charge in [-0.25, -0.2) is 4.79 Å². The molecule has 0 radical (unpaired) electrons. The molecular weight excluding hydrogens is 248 g/mol. The molecule has 0 saturated heterocycles. The molecule has 0 aliphatic heterocycles. The molecule has 0 bridgehead atoms. The van der Waals surface area contributed by atoms with Crippen LogP contribution in [0.2, 0.25) is 0 Å². The van der Waals surface area contributed by atoms with Crippen molar-refractivity contribution in [3.63, 3.8) is 0 Å². The molecule has 1 aliphatic rings. The van der Waals surface area contributed by atoms with Crippen LogP contribution < -0.4 is 5.32 Å². The number of anilines is 1. The lowest BCUT2D eigenvalue weighted by molar-refractivity contribution is -0.385. The van der Waals surface area contributed by atoms with Gasteiger partial charge in [-0.1, -0.05) is 19.3 Å². The molecule has 1 saturated carbocycles. The minimum Gasteiger partial charge on any atom is -0.477 e. The summed E-state index contributed by atoms with van der Waals surface area (Å²) in [5.41, 5.74) is -0.0435. The number of carboxylic acid groups (broad SMARTS) is 1. The zero-order valence-corrected chi connectivity index (χ0v) is 10.5. The van der Waals surface area contributed by atoms with E-state index in [-0.39, 0.29) is 11.3 Å². The standard InChI is InChI=1S/C13H16N2O4/c16-13(17)11-8-10(4-5-12(11)15(18)19)14-7-6-9-2-1-3-9/h4-5,8-9,14H,1-3,6-7H2,(H,16,17). The summed E-state index contributed by atoms with van der Waals surface area (Å²) in [6.45, 7) is 0.765. The molecule has 19 heavy (non-hydrogen) atoms. The second kappa shape index (κ2) is 5.69. The van der Waals surface area contributed by atoms with E-state index in [4.69, 9.17) is 5.11 Å². The number of rotatable bonds is 6. The minimum absolute atomic E-state index is 0.279. The number of nitrogens with zero attached hydrogens (tertiary/aromatic N) is 1. The lowest BCUT2D eigenvalue weighted by Crippen LogP contribution is -2.15. The Morgan fingerprint density at radius 3 is 2.74 bits per heavy atom. The molecule has 1 aromatic rings. The topological polar surface area (TPSA) is 92.5 Å². The second-order valence-electron chi connectivity index (χ2n) is 4.81. The van der Waals surface area contributed by atoms with Crippen LogP contribution in [-0.2, 0) is 0 Å². The van der Waals surface area contributed by atoms with Crippen LogP contribution in [0.25, 0.3) is 0 Å². The molecule has 0 aromatic heterocycles. The molecule has 0 spiro atoms. The van der Waals surface area contributed by atoms with Crippen LogP contribution in [0.3, 0.4) is 0 Å². The molecular formula is C13H16N2O4. The molecule has 6 heteroatoms. The third kappa shape index (κ3) is 3.21. The van der Waals surface area contributed by atoms with E-state index in [2.05, 4.69) is 5.32 Å². The molecule has 2 rings (SSSR count). The summed E-state index contributed by atoms with van der Waals surface area (Å²) in [7, 11) is 0. The van der Waals surface area contributed by atoms with Crippen molar-refractivity contribution in [2.75, 3.05) is 11.9 Å². The van der Waals surface area contributed by atoms with Crippen molar-refractivity contribution in [2.24, 2.45) is 5.92 Å². The molecule has 102 valence electrons. The fourth-order valence-corrected chi connectivity index (χ4v) is 2.18. The first-order valence-corrected chi connectivity index (χ1v) is 6.33. The Morgan fingerprint density at radius 1 is 1.47 bits per heavy atom. The summed E-state index contributed by atoms with van der Waals surface area (Å²) in [6.07, 6.45) is 4.88. The van der Waals surface area contributed by atoms with Gasteiger partial charge in [0, 0.05) is 18.3 Å². The smallest absolute Gasteiger partial charge is 0.342 e. The third-order valence-electron chi connectivity index (χ3n) is 3.53. The maximum absolute atomic E-state index is 11.0. The van der Waals surface area contributed by atoms with Crippen molar-refractivity contribution < 1.29 is 14.8 Å². The largest absolute Gasteiger partial charge is 0.477 e. The van der Waals surface area contributed by atoms with Crippen molar-refractivity contribution in [3.05, 3.63) is 33.9 Å². The summed E-state index contributed by atoms with van der Waals surface area (Å²) in [5.74, 6) is -0.515. The van der Waals surface area contributed by atoms with Crippen LogP contribution in [0, 0.1) is 16.0 Å². The van der Waals surface area contributed by atoms with Crippen molar-refractivity contribution in [1.29, 1.82) is 0 Å². The number of carbonyl (C=O) groups is 1. The Balaban J connectivity index is 2.02. The lowest BCUT2D eigenvalue weighted by Gasteiger charge is -2.25. The van der Waals surface area contributed by atoms with Gasteiger partial charge in [-0.3, -0.25) is 10.1 Å². The first-order chi connectivity index (χ1) is 9.08. The van der Waals surface area contributed by atoms with Crippen molar-refractivity contribution in [1.82, 2.24) is 0 Å². The highest BCUT2D eigenvalue weighted by Crippen LogP contribution is 2.29. The monoisotopic (exact) mass is 264 g/mol. The Bertz CT molecular complexity index is 497. The maximum Gasteiger partial charge on any atom is 0.342 e. The van der Waals surface area contributed by atoms with Crippen molar-refractivity contribution in [3.8, 4) is 0 Å². The van der Waals surface area contributed by atoms with Gasteiger partial charge < -0.3 is 10.4 Å². The molecule has 0 amide bonds. The van der Waals surface area contributed by atoms with Gasteiger partial charge in [-0.2, -0.15) is 0 Å². The van der Waals surface area contributed by atoms with Crippen molar-refractivity contribution >= 4 is 17.3 Å². The van der Waals surface area contributed by atoms with E-state index in [1.165, 1.54) is 31.4 Å². The number of nitrogens with one attached hydrogen (secondary N) is 1. The number of nitro benzene ring substituents is 1. The number of nitro groups is 1. The van der Waals surface area contributed by atoms with E-state index in [1.807, 2.05) is 0 Å². The molecule has 0 unspecified atom stereocenters. The Hall–Kier alpha value is -2.11. The van der Waals surface area contributed by atoms with Crippen LogP contribution in [0.4, 0.5) is 11.4 Å². The quantitative estimate of drug-likeness (QED) is 0.608. The lowest BCUT2D eigenvalue weighted by atomic mass is 9.83. The summed E-state index contributed by atoms with van der Waals surface area (Å²) < 4.78 is 0. The van der Waals surface area contributed by atoms with Crippen LogP contribution in [0.5, 0.6) is 0 Å². The summed E-state index contributed by atoms with van der Waals surface area (Å²) in [6, 6.07) is 4.10. The zero-order chi connectivity index (χ0) is 13.8. The number of hydrogen-bond donors (Lipinski definition) is 2. The van der Waals surface area contributed by atoms with Gasteiger partial charge in [0.15, 0.2) is 0 Å². The van der Waals surface area contributed by atoms with Gasteiger partial charge in [-0.05, 0) is 24.5 Å². The van der Waals surface area contributed by atoms with Gasteiger partial charge in [0.2, 0.25) is 0 Å². The van der Waals surface area contributed by atoms with Crippen LogP contribution in [0.15, 0.2) is 18.2 Å². The van der Waals surface area contributed by atoms with Gasteiger partial charge in [0.05, 0.1) is 4.92 Å². The van der Waals surface area contributed by atoms with E-state index in [0.717, 1.165) is 18.9 Å². The zero-order valence-electron chi connectivity index (χ0n) is 10.5. The molecule has 1 fully saturated rings. The first kappa shape index (κ1) is 13.3. The van der Waals surface area contributed by atoms with Crippen molar-refractivity contribution in [2.45, 2.75) is 25.7 Å². The number of benzene rings is 1. The predicted octanol–water partition coefficient (Wildman–Crippen LogP) is 2.90. The average Bonchev–Trinajstić information content (AvgIpc) is 2.31. The van der Waals surface area contributed by atoms with Gasteiger partial charge in [0.25, 0.3) is 5.69 Å². The predicted molar refractivity (Wildman–Crippen MR) is 70.5 cm³/mol. The van der Waals surface area contributed by atoms with E-state index in [9.17, 15) is 14.9 Å². The van der Waals surface area contributed by atoms with E-state index >= 15 is 0 Å². The third-order valence-corrected chi connectivity index (χ3v) is 3.53. The van der Waals surface area contributed by atoms with E-state index < -0.39 is 10.9 Å². The molecule has 0 atom stereocenters. The molecule has 2 N–H and O–H groups in total. The summed E-state index contributed by atoms with van der Waals surface area (Å²) >= 11 is 0. The van der Waals surface area contributed by atoms with Crippen LogP contribution in [0.1, 0.15) is 36.0 Å². The van der Waals surface area contributed by atoms with Gasteiger partial charge in [0.1, 0.15) is 5.56 Å². The minimum atomic E-state index is -1.28. The highest BCUT2D eigenvalue weighted by atomic mass is 16.6. The van der Waals surface area contributed by atoms with E-state index in [1.54, 1.807) is 6.07 Å². The normalized spacial score (nSPS) is 14.7. The number of hydrogen-bond acceptors (Lipinski definition) is 4. The SMILES string of the molecule is O=C(O)c1cc(NCCC2CCC2)ccc1[N+](=O)[O-]. The first-order valence-electron chi connectivity index (χ1n) is 6.33. The number of carboxylic acids is 1. The molecule has 6 nitrogen and oxygen atoms in total. The maximum atomic E-state index is 11.0. The summed E-state index contributed by atoms with van der Waals surface area (Å²) in [5, 5.41) is 22.8. The molecule has 1 aromatic carbocycles. The Kier molecular flexibility index (Phi) is 3.99. The highest BCUT2D eigenvalue weighted by molar-refractivity contribution is 5.93. The second-order valence-corrected chi connectivity index (χ2v) is 4.81. The average molecular weight is 264 g/mol. The molecule has 1 aliphatic carbocycles. The molecule has 0 heterocycles. The summed E-state index contributed by atoms with van der Waals surface area (Å²) in [4.78, 5) is 21.0. The number of aromatic carboxylic acids is 1. The van der Waals surface area contributed by atoms with Gasteiger partial charge in [-0.15, -0.1) is 0 Å². The van der Waals surface area contributed by atoms with E-state index in [0.29, 0.717) is 5.69 Å². The fourth-order valence-electron chi connectivity index (χ4n) is 2.18. The van der Waals surface area contributed by atoms with Crippen LogP contribution >= 0.6 is 0 Å². The highest BCUT2D eigenvalue weighted by Gasteiger charge is 2.20. The Morgan fingerprint density at radius 2 is 2.21 bits per heavy atom. The Labute approximate surface area is 110 Å². The van der Waals surface area contributed by atoms with Gasteiger partial charge >= 0.3 is 5.97 Å². The fraction of sp³-hybridized carbons (Fsp3) is 0.462.